The molecule has 0 fully saturated rings. The van der Waals surface area contributed by atoms with Crippen LogP contribution in [0.25, 0.3) is 0 Å². The third kappa shape index (κ3) is 3.97. The van der Waals surface area contributed by atoms with E-state index in [2.05, 4.69) is 11.7 Å². The molecular weight excluding hydrogens is 298 g/mol. The fourth-order valence-electron chi connectivity index (χ4n) is 1.04. The maximum Gasteiger partial charge on any atom is 0.400 e. The van der Waals surface area contributed by atoms with Crippen LogP contribution >= 0.6 is 23.2 Å². The molecule has 0 bridgehead atoms. The standard InChI is InChI=1S/C9H6Cl2F3NOS/c1-15-7-3-8(6(11)2-5(7)10)17(16)4-9(12,13)14/h2-3H,1,4H2. The maximum absolute atomic E-state index is 12.1. The topological polar surface area (TPSA) is 29.4 Å². The molecule has 1 aromatic carbocycles. The third-order valence-corrected chi connectivity index (χ3v) is 3.86. The van der Waals surface area contributed by atoms with E-state index in [-0.39, 0.29) is 20.6 Å². The van der Waals surface area contributed by atoms with Gasteiger partial charge in [0.05, 0.1) is 31.4 Å². The summed E-state index contributed by atoms with van der Waals surface area (Å²) < 4.78 is 47.7. The molecule has 0 spiro atoms. The molecule has 8 heteroatoms. The average Bonchev–Trinajstić information content (AvgIpc) is 2.14. The SMILES string of the molecule is C=Nc1cc(S(=O)CC(F)(F)F)c(Cl)cc1Cl. The average molecular weight is 304 g/mol. The van der Waals surface area contributed by atoms with Crippen LogP contribution in [0.3, 0.4) is 0 Å². The second-order valence-corrected chi connectivity index (χ2v) is 5.23. The molecule has 1 rings (SSSR count). The van der Waals surface area contributed by atoms with Gasteiger partial charge in [-0.2, -0.15) is 13.2 Å². The van der Waals surface area contributed by atoms with Crippen molar-refractivity contribution in [3.63, 3.8) is 0 Å². The zero-order chi connectivity index (χ0) is 13.2. The Bertz CT molecular complexity index is 476. The molecule has 0 heterocycles. The van der Waals surface area contributed by atoms with Crippen LogP contribution in [0.2, 0.25) is 10.0 Å². The van der Waals surface area contributed by atoms with E-state index in [9.17, 15) is 17.4 Å². The lowest BCUT2D eigenvalue weighted by Crippen LogP contribution is -2.18. The predicted octanol–water partition coefficient (Wildman–Crippen LogP) is 4.00. The lowest BCUT2D eigenvalue weighted by Gasteiger charge is -2.09. The fourth-order valence-corrected chi connectivity index (χ4v) is 2.71. The highest BCUT2D eigenvalue weighted by molar-refractivity contribution is 7.85. The van der Waals surface area contributed by atoms with Crippen molar-refractivity contribution in [2.24, 2.45) is 4.99 Å². The molecule has 1 unspecified atom stereocenters. The molecule has 0 N–H and O–H groups in total. The molecule has 0 amide bonds. The van der Waals surface area contributed by atoms with E-state index < -0.39 is 22.7 Å². The van der Waals surface area contributed by atoms with Gasteiger partial charge in [0.25, 0.3) is 0 Å². The van der Waals surface area contributed by atoms with Crippen LogP contribution in [-0.4, -0.2) is 22.9 Å². The molecule has 0 saturated carbocycles. The summed E-state index contributed by atoms with van der Waals surface area (Å²) in [6, 6.07) is 2.33. The van der Waals surface area contributed by atoms with Gasteiger partial charge in [-0.3, -0.25) is 9.20 Å². The normalized spacial score (nSPS) is 13.5. The highest BCUT2D eigenvalue weighted by Gasteiger charge is 2.32. The predicted molar refractivity (Wildman–Crippen MR) is 63.0 cm³/mol. The molecule has 17 heavy (non-hydrogen) atoms. The lowest BCUT2D eigenvalue weighted by atomic mass is 10.3. The van der Waals surface area contributed by atoms with Gasteiger partial charge in [-0.25, -0.2) is 0 Å². The molecule has 0 aromatic heterocycles. The Labute approximate surface area is 108 Å². The van der Waals surface area contributed by atoms with Crippen LogP contribution in [0.4, 0.5) is 18.9 Å². The van der Waals surface area contributed by atoms with E-state index in [1.807, 2.05) is 0 Å². The highest BCUT2D eigenvalue weighted by Crippen LogP contribution is 2.33. The highest BCUT2D eigenvalue weighted by atomic mass is 35.5. The van der Waals surface area contributed by atoms with Crippen molar-refractivity contribution in [1.29, 1.82) is 0 Å². The Hall–Kier alpha value is -0.590. The number of benzene rings is 1. The molecule has 0 saturated heterocycles. The Morgan fingerprint density at radius 3 is 2.35 bits per heavy atom. The Morgan fingerprint density at radius 2 is 1.88 bits per heavy atom. The minimum atomic E-state index is -4.53. The summed E-state index contributed by atoms with van der Waals surface area (Å²) in [5, 5.41) is 0.0442. The number of hydrogen-bond donors (Lipinski definition) is 0. The van der Waals surface area contributed by atoms with E-state index in [0.29, 0.717) is 0 Å². The molecule has 1 atom stereocenters. The van der Waals surface area contributed by atoms with Crippen molar-refractivity contribution in [3.05, 3.63) is 22.2 Å². The van der Waals surface area contributed by atoms with Crippen molar-refractivity contribution < 1.29 is 17.4 Å². The van der Waals surface area contributed by atoms with Crippen molar-refractivity contribution in [2.75, 3.05) is 5.75 Å². The van der Waals surface area contributed by atoms with E-state index >= 15 is 0 Å². The van der Waals surface area contributed by atoms with Gasteiger partial charge >= 0.3 is 6.18 Å². The molecule has 0 aliphatic rings. The molecule has 0 aliphatic heterocycles. The number of halogens is 5. The summed E-state index contributed by atoms with van der Waals surface area (Å²) in [7, 11) is -2.29. The van der Waals surface area contributed by atoms with E-state index in [4.69, 9.17) is 23.2 Å². The number of hydrogen-bond acceptors (Lipinski definition) is 2. The van der Waals surface area contributed by atoms with Crippen LogP contribution < -0.4 is 0 Å². The van der Waals surface area contributed by atoms with Gasteiger partial charge in [0.1, 0.15) is 5.75 Å². The third-order valence-electron chi connectivity index (χ3n) is 1.71. The number of nitrogens with zero attached hydrogens (tertiary/aromatic N) is 1. The Balaban J connectivity index is 3.14. The van der Waals surface area contributed by atoms with Gasteiger partial charge in [-0.1, -0.05) is 23.2 Å². The second kappa shape index (κ2) is 5.37. The van der Waals surface area contributed by atoms with Gasteiger partial charge in [0, 0.05) is 0 Å². The first kappa shape index (κ1) is 14.5. The van der Waals surface area contributed by atoms with Crippen molar-refractivity contribution >= 4 is 46.4 Å². The second-order valence-electron chi connectivity index (χ2n) is 3.00. The summed E-state index contributed by atoms with van der Waals surface area (Å²) in [5.41, 5.74) is 0.140. The number of rotatable bonds is 3. The maximum atomic E-state index is 12.1. The van der Waals surface area contributed by atoms with Crippen LogP contribution in [0, 0.1) is 0 Å². The lowest BCUT2D eigenvalue weighted by molar-refractivity contribution is -0.105. The van der Waals surface area contributed by atoms with Gasteiger partial charge in [0.2, 0.25) is 0 Å². The van der Waals surface area contributed by atoms with Gasteiger partial charge < -0.3 is 0 Å². The monoisotopic (exact) mass is 303 g/mol. The largest absolute Gasteiger partial charge is 0.400 e. The first-order valence-electron chi connectivity index (χ1n) is 4.15. The molecular formula is C9H6Cl2F3NOS. The number of alkyl halides is 3. The van der Waals surface area contributed by atoms with Gasteiger partial charge in [0.15, 0.2) is 0 Å². The summed E-state index contributed by atoms with van der Waals surface area (Å²) in [4.78, 5) is 3.34. The van der Waals surface area contributed by atoms with Gasteiger partial charge in [-0.15, -0.1) is 0 Å². The minimum absolute atomic E-state index is 0.0926. The molecule has 0 radical (unpaired) electrons. The van der Waals surface area contributed by atoms with Crippen LogP contribution in [0.15, 0.2) is 22.0 Å². The molecule has 2 nitrogen and oxygen atoms in total. The first-order chi connectivity index (χ1) is 7.74. The van der Waals surface area contributed by atoms with Crippen LogP contribution in [0.1, 0.15) is 0 Å². The molecule has 0 aliphatic carbocycles. The van der Waals surface area contributed by atoms with Gasteiger partial charge in [-0.05, 0) is 18.9 Å². The van der Waals surface area contributed by atoms with E-state index in [1.54, 1.807) is 0 Å². The Kier molecular flexibility index (Phi) is 4.57. The minimum Gasteiger partial charge on any atom is -0.263 e. The molecule has 94 valence electrons. The summed E-state index contributed by atoms with van der Waals surface area (Å²) in [6.07, 6.45) is -4.53. The van der Waals surface area contributed by atoms with Crippen molar-refractivity contribution in [1.82, 2.24) is 0 Å². The van der Waals surface area contributed by atoms with E-state index in [0.717, 1.165) is 6.07 Å². The summed E-state index contributed by atoms with van der Waals surface area (Å²) in [5.74, 6) is -1.47. The van der Waals surface area contributed by atoms with E-state index in [1.165, 1.54) is 6.07 Å². The smallest absolute Gasteiger partial charge is 0.263 e. The fraction of sp³-hybridized carbons (Fsp3) is 0.222. The zero-order valence-electron chi connectivity index (χ0n) is 8.22. The number of aliphatic imine (C=N–C) groups is 1. The Morgan fingerprint density at radius 1 is 1.29 bits per heavy atom. The first-order valence-corrected chi connectivity index (χ1v) is 6.23. The van der Waals surface area contributed by atoms with Crippen molar-refractivity contribution in [3.8, 4) is 0 Å². The van der Waals surface area contributed by atoms with Crippen molar-refractivity contribution in [2.45, 2.75) is 11.1 Å². The quantitative estimate of drug-likeness (QED) is 0.776. The van der Waals surface area contributed by atoms with Crippen LogP contribution in [-0.2, 0) is 10.8 Å². The zero-order valence-corrected chi connectivity index (χ0v) is 10.6. The molecule has 1 aromatic rings. The van der Waals surface area contributed by atoms with Crippen LogP contribution in [0.5, 0.6) is 0 Å². The summed E-state index contributed by atoms with van der Waals surface area (Å²) >= 11 is 11.4. The summed E-state index contributed by atoms with van der Waals surface area (Å²) in [6.45, 7) is 3.20.